The zero-order chi connectivity index (χ0) is 17.3. The number of ether oxygens (including phenoxy) is 1. The fourth-order valence-corrected chi connectivity index (χ4v) is 4.50. The van der Waals surface area contributed by atoms with E-state index in [1.807, 2.05) is 0 Å². The normalized spacial score (nSPS) is 15.2. The molecule has 0 radical (unpaired) electrons. The minimum Gasteiger partial charge on any atom is -0.462 e. The topological polar surface area (TPSA) is 106 Å². The third-order valence-corrected chi connectivity index (χ3v) is 5.76. The van der Waals surface area contributed by atoms with Gasteiger partial charge in [0.15, 0.2) is 9.84 Å². The number of hydrogen-bond acceptors (Lipinski definition) is 7. The first-order valence-corrected chi connectivity index (χ1v) is 9.34. The summed E-state index contributed by atoms with van der Waals surface area (Å²) in [4.78, 5) is 16.8. The van der Waals surface area contributed by atoms with E-state index in [0.717, 1.165) is 0 Å². The van der Waals surface area contributed by atoms with Gasteiger partial charge in [-0.1, -0.05) is 0 Å². The van der Waals surface area contributed by atoms with Crippen molar-refractivity contribution in [2.75, 3.05) is 30.8 Å². The van der Waals surface area contributed by atoms with Gasteiger partial charge in [-0.05, 0) is 31.0 Å². The van der Waals surface area contributed by atoms with Crippen molar-refractivity contribution in [2.24, 2.45) is 0 Å². The number of anilines is 1. The van der Waals surface area contributed by atoms with Gasteiger partial charge in [0, 0.05) is 18.1 Å². The summed E-state index contributed by atoms with van der Waals surface area (Å²) in [6, 6.07) is 3.20. The molecule has 0 bridgehead atoms. The Morgan fingerprint density at radius 2 is 2.21 bits per heavy atom. The number of benzene rings is 1. The number of nitrogens with zero attached hydrogens (tertiary/aromatic N) is 1. The number of esters is 1. The predicted octanol–water partition coefficient (Wildman–Crippen LogP) is 1.15. The van der Waals surface area contributed by atoms with Gasteiger partial charge in [0.1, 0.15) is 5.56 Å². The van der Waals surface area contributed by atoms with E-state index in [0.29, 0.717) is 28.6 Å². The van der Waals surface area contributed by atoms with Crippen LogP contribution in [0, 0.1) is 0 Å². The van der Waals surface area contributed by atoms with Gasteiger partial charge < -0.3 is 15.2 Å². The molecule has 0 fully saturated rings. The van der Waals surface area contributed by atoms with Crippen LogP contribution in [0.3, 0.4) is 0 Å². The number of fused-ring (bicyclic) bond motifs is 3. The minimum absolute atomic E-state index is 0.0462. The Morgan fingerprint density at radius 3 is 2.92 bits per heavy atom. The maximum atomic E-state index is 12.2. The standard InChI is InChI=1S/C16H18N2O5S/c1-2-23-16(20)11-9-18-12-3-4-13-10(5-8-24(13,21)22)14(12)15(11)17-6-7-19/h3-4,9,19H,2,5-8H2,1H3,(H,17,18). The lowest BCUT2D eigenvalue weighted by molar-refractivity contribution is 0.0527. The molecule has 0 unspecified atom stereocenters. The first-order chi connectivity index (χ1) is 11.5. The molecule has 24 heavy (non-hydrogen) atoms. The summed E-state index contributed by atoms with van der Waals surface area (Å²) in [5.41, 5.74) is 1.95. The molecular formula is C16H18N2O5S. The highest BCUT2D eigenvalue weighted by Gasteiger charge is 2.30. The molecule has 1 aliphatic rings. The average molecular weight is 350 g/mol. The molecule has 0 atom stereocenters. The molecule has 0 spiro atoms. The van der Waals surface area contributed by atoms with Crippen molar-refractivity contribution in [3.63, 3.8) is 0 Å². The van der Waals surface area contributed by atoms with Crippen molar-refractivity contribution in [2.45, 2.75) is 18.2 Å². The summed E-state index contributed by atoms with van der Waals surface area (Å²) < 4.78 is 29.4. The summed E-state index contributed by atoms with van der Waals surface area (Å²) >= 11 is 0. The Kier molecular flexibility index (Phi) is 4.42. The number of hydrogen-bond donors (Lipinski definition) is 2. The van der Waals surface area contributed by atoms with Crippen molar-refractivity contribution in [1.82, 2.24) is 4.98 Å². The second kappa shape index (κ2) is 6.37. The van der Waals surface area contributed by atoms with Crippen molar-refractivity contribution >= 4 is 32.4 Å². The number of carbonyl (C=O) groups is 1. The average Bonchev–Trinajstić information content (AvgIpc) is 2.87. The van der Waals surface area contributed by atoms with Crippen LogP contribution in [0.15, 0.2) is 23.2 Å². The monoisotopic (exact) mass is 350 g/mol. The second-order valence-electron chi connectivity index (χ2n) is 5.42. The lowest BCUT2D eigenvalue weighted by Gasteiger charge is -2.15. The van der Waals surface area contributed by atoms with Crippen LogP contribution in [0.4, 0.5) is 5.69 Å². The molecule has 2 heterocycles. The van der Waals surface area contributed by atoms with Crippen LogP contribution in [0.2, 0.25) is 0 Å². The van der Waals surface area contributed by atoms with Gasteiger partial charge in [-0.2, -0.15) is 0 Å². The Hall–Kier alpha value is -2.19. The number of aliphatic hydroxyl groups excluding tert-OH is 1. The van der Waals surface area contributed by atoms with E-state index in [1.165, 1.54) is 6.20 Å². The lowest BCUT2D eigenvalue weighted by Crippen LogP contribution is -2.14. The van der Waals surface area contributed by atoms with Gasteiger partial charge in [0.25, 0.3) is 0 Å². The summed E-state index contributed by atoms with van der Waals surface area (Å²) in [7, 11) is -3.30. The highest BCUT2D eigenvalue weighted by atomic mass is 32.2. The number of aliphatic hydroxyl groups is 1. The molecular weight excluding hydrogens is 332 g/mol. The van der Waals surface area contributed by atoms with Crippen molar-refractivity contribution < 1.29 is 23.1 Å². The summed E-state index contributed by atoms with van der Waals surface area (Å²) in [5.74, 6) is -0.490. The van der Waals surface area contributed by atoms with Crippen LogP contribution in [0.1, 0.15) is 22.8 Å². The number of carbonyl (C=O) groups excluding carboxylic acids is 1. The molecule has 8 heteroatoms. The van der Waals surface area contributed by atoms with Gasteiger partial charge in [0.05, 0.1) is 35.1 Å². The van der Waals surface area contributed by atoms with Gasteiger partial charge in [-0.15, -0.1) is 0 Å². The number of sulfone groups is 1. The molecule has 1 aliphatic heterocycles. The Morgan fingerprint density at radius 1 is 1.42 bits per heavy atom. The van der Waals surface area contributed by atoms with Crippen molar-refractivity contribution in [3.8, 4) is 0 Å². The van der Waals surface area contributed by atoms with E-state index >= 15 is 0 Å². The zero-order valence-electron chi connectivity index (χ0n) is 13.2. The number of aromatic nitrogens is 1. The number of pyridine rings is 1. The highest BCUT2D eigenvalue weighted by Crippen LogP contribution is 2.37. The summed E-state index contributed by atoms with van der Waals surface area (Å²) in [6.07, 6.45) is 1.78. The summed E-state index contributed by atoms with van der Waals surface area (Å²) in [5, 5.41) is 12.7. The highest BCUT2D eigenvalue weighted by molar-refractivity contribution is 7.91. The number of nitrogens with one attached hydrogen (secondary N) is 1. The molecule has 2 aromatic rings. The fraction of sp³-hybridized carbons (Fsp3) is 0.375. The Balaban J connectivity index is 2.29. The third-order valence-electron chi connectivity index (χ3n) is 3.96. The van der Waals surface area contributed by atoms with Crippen LogP contribution in [-0.4, -0.2) is 50.0 Å². The van der Waals surface area contributed by atoms with Gasteiger partial charge in [-0.25, -0.2) is 13.2 Å². The largest absolute Gasteiger partial charge is 0.462 e. The van der Waals surface area contributed by atoms with Gasteiger partial charge >= 0.3 is 5.97 Å². The minimum atomic E-state index is -3.30. The molecule has 0 amide bonds. The van der Waals surface area contributed by atoms with E-state index in [4.69, 9.17) is 9.84 Å². The maximum absolute atomic E-state index is 12.2. The van der Waals surface area contributed by atoms with Gasteiger partial charge in [0.2, 0.25) is 0 Å². The molecule has 7 nitrogen and oxygen atoms in total. The first-order valence-electron chi connectivity index (χ1n) is 7.68. The van der Waals surface area contributed by atoms with E-state index in [2.05, 4.69) is 10.3 Å². The fourth-order valence-electron chi connectivity index (χ4n) is 2.95. The van der Waals surface area contributed by atoms with Crippen LogP contribution in [0.5, 0.6) is 0 Å². The molecule has 3 rings (SSSR count). The lowest BCUT2D eigenvalue weighted by atomic mass is 10.0. The molecule has 1 aromatic heterocycles. The molecule has 128 valence electrons. The van der Waals surface area contributed by atoms with Crippen molar-refractivity contribution in [1.29, 1.82) is 0 Å². The summed E-state index contributed by atoms with van der Waals surface area (Å²) in [6.45, 7) is 2.02. The Labute approximate surface area is 139 Å². The van der Waals surface area contributed by atoms with Crippen LogP contribution in [0.25, 0.3) is 10.9 Å². The van der Waals surface area contributed by atoms with E-state index in [9.17, 15) is 13.2 Å². The van der Waals surface area contributed by atoms with E-state index in [-0.39, 0.29) is 36.0 Å². The Bertz CT molecular complexity index is 908. The maximum Gasteiger partial charge on any atom is 0.341 e. The zero-order valence-corrected chi connectivity index (χ0v) is 14.0. The molecule has 0 saturated carbocycles. The third kappa shape index (κ3) is 2.71. The first kappa shape index (κ1) is 16.7. The van der Waals surface area contributed by atoms with E-state index in [1.54, 1.807) is 19.1 Å². The molecule has 2 N–H and O–H groups in total. The SMILES string of the molecule is CCOC(=O)c1cnc2ccc3c(c2c1NCCO)CCS3(=O)=O. The quantitative estimate of drug-likeness (QED) is 0.779. The molecule has 1 aromatic carbocycles. The predicted molar refractivity (Wildman–Crippen MR) is 89.0 cm³/mol. The van der Waals surface area contributed by atoms with Crippen LogP contribution >= 0.6 is 0 Å². The van der Waals surface area contributed by atoms with Gasteiger partial charge in [-0.3, -0.25) is 4.98 Å². The second-order valence-corrected chi connectivity index (χ2v) is 7.50. The number of rotatable bonds is 5. The molecule has 0 saturated heterocycles. The van der Waals surface area contributed by atoms with Crippen LogP contribution in [-0.2, 0) is 21.0 Å². The van der Waals surface area contributed by atoms with Crippen LogP contribution < -0.4 is 5.32 Å². The number of aryl methyl sites for hydroxylation is 1. The smallest absolute Gasteiger partial charge is 0.341 e. The van der Waals surface area contributed by atoms with E-state index < -0.39 is 15.8 Å². The van der Waals surface area contributed by atoms with Crippen molar-refractivity contribution in [3.05, 3.63) is 29.5 Å². The molecule has 0 aliphatic carbocycles.